The zero-order valence-corrected chi connectivity index (χ0v) is 15.6. The zero-order chi connectivity index (χ0) is 17.0. The second-order valence-electron chi connectivity index (χ2n) is 7.30. The van der Waals surface area contributed by atoms with Crippen LogP contribution in [0.25, 0.3) is 0 Å². The standard InChI is InChI=1S/C19H29N3OS/c1-3-20-17(21-13-19(23)10-12-24-15-19)22-11-9-18(2,14-22)16-7-5-4-6-8-16/h4-8,23H,3,9-15H2,1-2H3,(H,20,21). The number of benzene rings is 1. The van der Waals surface area contributed by atoms with Crippen molar-refractivity contribution in [3.63, 3.8) is 0 Å². The first-order valence-corrected chi connectivity index (χ1v) is 10.1. The molecule has 4 nitrogen and oxygen atoms in total. The summed E-state index contributed by atoms with van der Waals surface area (Å²) in [5.74, 6) is 2.79. The normalized spacial score (nSPS) is 30.8. The van der Waals surface area contributed by atoms with Crippen LogP contribution in [0, 0.1) is 0 Å². The lowest BCUT2D eigenvalue weighted by atomic mass is 9.82. The van der Waals surface area contributed by atoms with E-state index in [2.05, 4.69) is 54.4 Å². The van der Waals surface area contributed by atoms with Crippen molar-refractivity contribution in [1.82, 2.24) is 10.2 Å². The minimum absolute atomic E-state index is 0.164. The molecule has 2 fully saturated rings. The molecule has 1 aromatic rings. The third-order valence-corrected chi connectivity index (χ3v) is 6.42. The fourth-order valence-electron chi connectivity index (χ4n) is 3.59. The Bertz CT molecular complexity index is 571. The van der Waals surface area contributed by atoms with Gasteiger partial charge in [0.2, 0.25) is 0 Å². The molecule has 2 saturated heterocycles. The van der Waals surface area contributed by atoms with E-state index in [1.54, 1.807) is 0 Å². The van der Waals surface area contributed by atoms with E-state index in [1.165, 1.54) is 5.56 Å². The number of guanidine groups is 1. The van der Waals surface area contributed by atoms with Crippen LogP contribution >= 0.6 is 11.8 Å². The number of hydrogen-bond donors (Lipinski definition) is 2. The molecular formula is C19H29N3OS. The topological polar surface area (TPSA) is 47.9 Å². The molecule has 0 bridgehead atoms. The number of aliphatic hydroxyl groups is 1. The maximum Gasteiger partial charge on any atom is 0.194 e. The Hall–Kier alpha value is -1.20. The molecular weight excluding hydrogens is 318 g/mol. The van der Waals surface area contributed by atoms with Crippen molar-refractivity contribution in [2.75, 3.05) is 37.7 Å². The average molecular weight is 348 g/mol. The van der Waals surface area contributed by atoms with Crippen LogP contribution in [-0.2, 0) is 5.41 Å². The largest absolute Gasteiger partial charge is 0.387 e. The van der Waals surface area contributed by atoms with E-state index in [0.717, 1.165) is 49.9 Å². The lowest BCUT2D eigenvalue weighted by Crippen LogP contribution is -2.43. The second kappa shape index (κ2) is 7.36. The quantitative estimate of drug-likeness (QED) is 0.649. The van der Waals surface area contributed by atoms with E-state index in [4.69, 9.17) is 4.99 Å². The highest BCUT2D eigenvalue weighted by atomic mass is 32.2. The Kier molecular flexibility index (Phi) is 5.40. The van der Waals surface area contributed by atoms with Gasteiger partial charge in [-0.2, -0.15) is 11.8 Å². The van der Waals surface area contributed by atoms with Gasteiger partial charge in [0.1, 0.15) is 0 Å². The fourth-order valence-corrected chi connectivity index (χ4v) is 4.87. The van der Waals surface area contributed by atoms with Crippen molar-refractivity contribution in [2.24, 2.45) is 4.99 Å². The van der Waals surface area contributed by atoms with Gasteiger partial charge in [0.25, 0.3) is 0 Å². The summed E-state index contributed by atoms with van der Waals surface area (Å²) >= 11 is 1.82. The Labute approximate surface area is 149 Å². The fraction of sp³-hybridized carbons (Fsp3) is 0.632. The SMILES string of the molecule is CCNC(=NCC1(O)CCSC1)N1CCC(C)(c2ccccc2)C1. The summed E-state index contributed by atoms with van der Waals surface area (Å²) in [6.45, 7) is 7.76. The Morgan fingerprint density at radius 2 is 2.12 bits per heavy atom. The molecule has 0 radical (unpaired) electrons. The van der Waals surface area contributed by atoms with Crippen molar-refractivity contribution in [2.45, 2.75) is 37.7 Å². The summed E-state index contributed by atoms with van der Waals surface area (Å²) in [7, 11) is 0. The van der Waals surface area contributed by atoms with Crippen LogP contribution in [0.5, 0.6) is 0 Å². The van der Waals surface area contributed by atoms with Gasteiger partial charge < -0.3 is 15.3 Å². The molecule has 2 unspecified atom stereocenters. The summed E-state index contributed by atoms with van der Waals surface area (Å²) in [5.41, 5.74) is 0.944. The molecule has 0 amide bonds. The summed E-state index contributed by atoms with van der Waals surface area (Å²) in [4.78, 5) is 7.13. The Morgan fingerprint density at radius 3 is 2.79 bits per heavy atom. The average Bonchev–Trinajstić information content (AvgIpc) is 3.20. The van der Waals surface area contributed by atoms with Crippen LogP contribution in [-0.4, -0.2) is 59.3 Å². The summed E-state index contributed by atoms with van der Waals surface area (Å²) < 4.78 is 0. The Balaban J connectivity index is 1.71. The van der Waals surface area contributed by atoms with Gasteiger partial charge in [-0.15, -0.1) is 0 Å². The highest BCUT2D eigenvalue weighted by Gasteiger charge is 2.37. The van der Waals surface area contributed by atoms with E-state index in [-0.39, 0.29) is 5.41 Å². The molecule has 0 aliphatic carbocycles. The van der Waals surface area contributed by atoms with Gasteiger partial charge in [-0.1, -0.05) is 37.3 Å². The molecule has 2 N–H and O–H groups in total. The third kappa shape index (κ3) is 3.89. The van der Waals surface area contributed by atoms with Crippen molar-refractivity contribution in [1.29, 1.82) is 0 Å². The van der Waals surface area contributed by atoms with Gasteiger partial charge in [-0.3, -0.25) is 4.99 Å². The van der Waals surface area contributed by atoms with E-state index in [9.17, 15) is 5.11 Å². The molecule has 2 aliphatic rings. The monoisotopic (exact) mass is 347 g/mol. The van der Waals surface area contributed by atoms with Crippen LogP contribution in [0.4, 0.5) is 0 Å². The number of nitrogens with zero attached hydrogens (tertiary/aromatic N) is 2. The van der Waals surface area contributed by atoms with E-state index >= 15 is 0 Å². The number of rotatable bonds is 4. The van der Waals surface area contributed by atoms with E-state index in [0.29, 0.717) is 6.54 Å². The van der Waals surface area contributed by atoms with Gasteiger partial charge in [-0.05, 0) is 31.1 Å². The van der Waals surface area contributed by atoms with Crippen LogP contribution in [0.2, 0.25) is 0 Å². The van der Waals surface area contributed by atoms with Gasteiger partial charge in [-0.25, -0.2) is 0 Å². The molecule has 24 heavy (non-hydrogen) atoms. The van der Waals surface area contributed by atoms with Crippen LogP contribution in [0.1, 0.15) is 32.3 Å². The first-order valence-electron chi connectivity index (χ1n) is 8.94. The van der Waals surface area contributed by atoms with Gasteiger partial charge in [0.15, 0.2) is 5.96 Å². The Morgan fingerprint density at radius 1 is 1.33 bits per heavy atom. The van der Waals surface area contributed by atoms with Crippen molar-refractivity contribution >= 4 is 17.7 Å². The van der Waals surface area contributed by atoms with E-state index in [1.807, 2.05) is 11.8 Å². The van der Waals surface area contributed by atoms with Crippen LogP contribution < -0.4 is 5.32 Å². The molecule has 3 rings (SSSR count). The van der Waals surface area contributed by atoms with Gasteiger partial charge >= 0.3 is 0 Å². The minimum Gasteiger partial charge on any atom is -0.387 e. The predicted octanol–water partition coefficient (Wildman–Crippen LogP) is 2.48. The number of nitrogens with one attached hydrogen (secondary N) is 1. The molecule has 0 saturated carbocycles. The van der Waals surface area contributed by atoms with Gasteiger partial charge in [0, 0.05) is 30.8 Å². The van der Waals surface area contributed by atoms with Crippen molar-refractivity contribution in [3.05, 3.63) is 35.9 Å². The highest BCUT2D eigenvalue weighted by Crippen LogP contribution is 2.34. The van der Waals surface area contributed by atoms with Crippen molar-refractivity contribution in [3.8, 4) is 0 Å². The summed E-state index contributed by atoms with van der Waals surface area (Å²) in [6, 6.07) is 10.8. The van der Waals surface area contributed by atoms with Gasteiger partial charge in [0.05, 0.1) is 12.1 Å². The molecule has 2 aliphatic heterocycles. The van der Waals surface area contributed by atoms with Crippen molar-refractivity contribution < 1.29 is 5.11 Å². The van der Waals surface area contributed by atoms with Crippen LogP contribution in [0.15, 0.2) is 35.3 Å². The summed E-state index contributed by atoms with van der Waals surface area (Å²) in [6.07, 6.45) is 1.98. The zero-order valence-electron chi connectivity index (χ0n) is 14.8. The second-order valence-corrected chi connectivity index (χ2v) is 8.40. The molecule has 0 spiro atoms. The maximum absolute atomic E-state index is 10.6. The van der Waals surface area contributed by atoms with E-state index < -0.39 is 5.60 Å². The molecule has 2 heterocycles. The molecule has 5 heteroatoms. The first kappa shape index (κ1) is 17.6. The number of aliphatic imine (C=N–C) groups is 1. The summed E-state index contributed by atoms with van der Waals surface area (Å²) in [5, 5.41) is 14.0. The number of thioether (sulfide) groups is 1. The van der Waals surface area contributed by atoms with Crippen LogP contribution in [0.3, 0.4) is 0 Å². The lowest BCUT2D eigenvalue weighted by molar-refractivity contribution is 0.0776. The third-order valence-electron chi connectivity index (χ3n) is 5.18. The first-order chi connectivity index (χ1) is 11.5. The number of likely N-dealkylation sites (tertiary alicyclic amines) is 1. The maximum atomic E-state index is 10.6. The molecule has 2 atom stereocenters. The molecule has 1 aromatic carbocycles. The predicted molar refractivity (Wildman–Crippen MR) is 103 cm³/mol. The smallest absolute Gasteiger partial charge is 0.194 e. The minimum atomic E-state index is -0.617. The highest BCUT2D eigenvalue weighted by molar-refractivity contribution is 7.99. The molecule has 132 valence electrons. The number of hydrogen-bond acceptors (Lipinski definition) is 3. The lowest BCUT2D eigenvalue weighted by Gasteiger charge is -2.28. The molecule has 0 aromatic heterocycles.